The standard InChI is InChI=1S/C20H22N4O/c25-18(15-24-9-3-8-22-24)14-23-10-6-16(7-11-23)20-13-21-12-17-4-1-2-5-19(17)20/h1-6,8-9,12-13,18,25H,7,10-11,14-15H2. The summed E-state index contributed by atoms with van der Waals surface area (Å²) < 4.78 is 1.78. The van der Waals surface area contributed by atoms with Crippen LogP contribution in [-0.2, 0) is 6.54 Å². The van der Waals surface area contributed by atoms with E-state index in [1.807, 2.05) is 30.7 Å². The Kier molecular flexibility index (Phi) is 4.59. The van der Waals surface area contributed by atoms with Crippen molar-refractivity contribution in [2.75, 3.05) is 19.6 Å². The van der Waals surface area contributed by atoms with E-state index in [1.54, 1.807) is 10.9 Å². The Bertz CT molecular complexity index is 867. The lowest BCUT2D eigenvalue weighted by molar-refractivity contribution is 0.0997. The molecule has 5 heteroatoms. The van der Waals surface area contributed by atoms with Crippen LogP contribution in [0.1, 0.15) is 12.0 Å². The molecule has 128 valence electrons. The number of nitrogens with zero attached hydrogens (tertiary/aromatic N) is 4. The molecule has 0 amide bonds. The van der Waals surface area contributed by atoms with Gasteiger partial charge in [-0.1, -0.05) is 30.3 Å². The number of benzene rings is 1. The van der Waals surface area contributed by atoms with E-state index in [9.17, 15) is 5.11 Å². The van der Waals surface area contributed by atoms with Crippen LogP contribution in [0.2, 0.25) is 0 Å². The van der Waals surface area contributed by atoms with E-state index in [4.69, 9.17) is 0 Å². The summed E-state index contributed by atoms with van der Waals surface area (Å²) in [5.74, 6) is 0. The van der Waals surface area contributed by atoms with Gasteiger partial charge in [0.25, 0.3) is 0 Å². The van der Waals surface area contributed by atoms with Crippen molar-refractivity contribution in [2.24, 2.45) is 0 Å². The van der Waals surface area contributed by atoms with E-state index >= 15 is 0 Å². The molecular formula is C20H22N4O. The van der Waals surface area contributed by atoms with E-state index in [0.717, 1.165) is 19.5 Å². The van der Waals surface area contributed by atoms with Crippen molar-refractivity contribution in [3.8, 4) is 0 Å². The summed E-state index contributed by atoms with van der Waals surface area (Å²) in [6, 6.07) is 10.3. The largest absolute Gasteiger partial charge is 0.390 e. The first-order valence-corrected chi connectivity index (χ1v) is 8.69. The summed E-state index contributed by atoms with van der Waals surface area (Å²) in [5.41, 5.74) is 2.58. The average molecular weight is 334 g/mol. The zero-order chi connectivity index (χ0) is 17.1. The van der Waals surface area contributed by atoms with Gasteiger partial charge >= 0.3 is 0 Å². The maximum absolute atomic E-state index is 10.3. The van der Waals surface area contributed by atoms with Crippen molar-refractivity contribution >= 4 is 16.3 Å². The van der Waals surface area contributed by atoms with E-state index in [1.165, 1.54) is 21.9 Å². The molecule has 1 N–H and O–H groups in total. The first kappa shape index (κ1) is 16.0. The van der Waals surface area contributed by atoms with Crippen molar-refractivity contribution in [1.82, 2.24) is 19.7 Å². The highest BCUT2D eigenvalue weighted by atomic mass is 16.3. The smallest absolute Gasteiger partial charge is 0.0862 e. The highest BCUT2D eigenvalue weighted by molar-refractivity contribution is 5.93. The third kappa shape index (κ3) is 3.62. The Labute approximate surface area is 147 Å². The predicted molar refractivity (Wildman–Crippen MR) is 99.0 cm³/mol. The van der Waals surface area contributed by atoms with Crippen LogP contribution in [0.4, 0.5) is 0 Å². The fraction of sp³-hybridized carbons (Fsp3) is 0.300. The summed E-state index contributed by atoms with van der Waals surface area (Å²) in [6.45, 7) is 3.00. The van der Waals surface area contributed by atoms with Gasteiger partial charge in [0.1, 0.15) is 0 Å². The number of aliphatic hydroxyl groups excluding tert-OH is 1. The number of aromatic nitrogens is 3. The highest BCUT2D eigenvalue weighted by Gasteiger charge is 2.17. The molecule has 0 spiro atoms. The summed E-state index contributed by atoms with van der Waals surface area (Å²) in [5, 5.41) is 16.9. The molecule has 0 fully saturated rings. The average Bonchev–Trinajstić information content (AvgIpc) is 3.15. The van der Waals surface area contributed by atoms with Crippen LogP contribution in [0.5, 0.6) is 0 Å². The molecule has 1 aliphatic heterocycles. The van der Waals surface area contributed by atoms with Crippen LogP contribution in [0.25, 0.3) is 16.3 Å². The zero-order valence-electron chi connectivity index (χ0n) is 14.1. The molecule has 0 bridgehead atoms. The number of hydrogen-bond acceptors (Lipinski definition) is 4. The van der Waals surface area contributed by atoms with E-state index < -0.39 is 6.10 Å². The van der Waals surface area contributed by atoms with Crippen molar-refractivity contribution in [3.05, 3.63) is 66.8 Å². The summed E-state index contributed by atoms with van der Waals surface area (Å²) in [4.78, 5) is 6.68. The number of rotatable bonds is 5. The summed E-state index contributed by atoms with van der Waals surface area (Å²) in [7, 11) is 0. The molecule has 1 unspecified atom stereocenters. The van der Waals surface area contributed by atoms with E-state index in [0.29, 0.717) is 13.1 Å². The van der Waals surface area contributed by atoms with Gasteiger partial charge in [-0.05, 0) is 23.4 Å². The van der Waals surface area contributed by atoms with Gasteiger partial charge in [0.2, 0.25) is 0 Å². The number of fused-ring (bicyclic) bond motifs is 1. The number of aliphatic hydroxyl groups is 1. The zero-order valence-corrected chi connectivity index (χ0v) is 14.1. The first-order chi connectivity index (χ1) is 12.3. The van der Waals surface area contributed by atoms with Gasteiger partial charge in [-0.15, -0.1) is 0 Å². The van der Waals surface area contributed by atoms with Gasteiger partial charge in [0.05, 0.1) is 12.6 Å². The maximum Gasteiger partial charge on any atom is 0.0862 e. The molecule has 3 aromatic rings. The molecular weight excluding hydrogens is 312 g/mol. The first-order valence-electron chi connectivity index (χ1n) is 8.69. The van der Waals surface area contributed by atoms with Crippen LogP contribution in [0.3, 0.4) is 0 Å². The molecule has 4 rings (SSSR count). The quantitative estimate of drug-likeness (QED) is 0.779. The minimum absolute atomic E-state index is 0.408. The van der Waals surface area contributed by atoms with E-state index in [2.05, 4.69) is 39.3 Å². The fourth-order valence-electron chi connectivity index (χ4n) is 3.47. The molecule has 1 atom stereocenters. The van der Waals surface area contributed by atoms with Gasteiger partial charge in [-0.25, -0.2) is 0 Å². The Hall–Kier alpha value is -2.50. The Balaban J connectivity index is 1.43. The van der Waals surface area contributed by atoms with E-state index in [-0.39, 0.29) is 0 Å². The molecule has 2 aromatic heterocycles. The minimum Gasteiger partial charge on any atom is -0.390 e. The Morgan fingerprint density at radius 3 is 2.84 bits per heavy atom. The second-order valence-electron chi connectivity index (χ2n) is 6.53. The Morgan fingerprint density at radius 2 is 2.04 bits per heavy atom. The van der Waals surface area contributed by atoms with Crippen LogP contribution in [0.15, 0.2) is 61.2 Å². The maximum atomic E-state index is 10.3. The van der Waals surface area contributed by atoms with Crippen LogP contribution in [0, 0.1) is 0 Å². The SMILES string of the molecule is OC(CN1CC=C(c2cncc3ccccc23)CC1)Cn1cccn1. The van der Waals surface area contributed by atoms with Gasteiger partial charge in [0, 0.05) is 55.4 Å². The van der Waals surface area contributed by atoms with Crippen molar-refractivity contribution in [1.29, 1.82) is 0 Å². The van der Waals surface area contributed by atoms with Crippen LogP contribution < -0.4 is 0 Å². The monoisotopic (exact) mass is 334 g/mol. The minimum atomic E-state index is -0.408. The summed E-state index contributed by atoms with van der Waals surface area (Å²) >= 11 is 0. The Morgan fingerprint density at radius 1 is 1.12 bits per heavy atom. The predicted octanol–water partition coefficient (Wildman–Crippen LogP) is 2.58. The molecule has 25 heavy (non-hydrogen) atoms. The molecule has 1 aromatic carbocycles. The topological polar surface area (TPSA) is 54.2 Å². The molecule has 3 heterocycles. The van der Waals surface area contributed by atoms with Gasteiger partial charge < -0.3 is 5.11 Å². The fourth-order valence-corrected chi connectivity index (χ4v) is 3.47. The van der Waals surface area contributed by atoms with Crippen molar-refractivity contribution < 1.29 is 5.11 Å². The van der Waals surface area contributed by atoms with Gasteiger partial charge in [0.15, 0.2) is 0 Å². The molecule has 0 aliphatic carbocycles. The van der Waals surface area contributed by atoms with Crippen molar-refractivity contribution in [3.63, 3.8) is 0 Å². The second-order valence-corrected chi connectivity index (χ2v) is 6.53. The third-order valence-electron chi connectivity index (χ3n) is 4.73. The van der Waals surface area contributed by atoms with Gasteiger partial charge in [-0.3, -0.25) is 14.6 Å². The second kappa shape index (κ2) is 7.17. The van der Waals surface area contributed by atoms with Crippen LogP contribution >= 0.6 is 0 Å². The van der Waals surface area contributed by atoms with Gasteiger partial charge in [-0.2, -0.15) is 5.10 Å². The molecule has 0 saturated carbocycles. The number of hydrogen-bond donors (Lipinski definition) is 1. The molecule has 5 nitrogen and oxygen atoms in total. The van der Waals surface area contributed by atoms with Crippen molar-refractivity contribution in [2.45, 2.75) is 19.1 Å². The summed E-state index contributed by atoms with van der Waals surface area (Å²) in [6.07, 6.45) is 10.3. The number of pyridine rings is 1. The highest BCUT2D eigenvalue weighted by Crippen LogP contribution is 2.28. The lowest BCUT2D eigenvalue weighted by Gasteiger charge is -2.28. The molecule has 1 aliphatic rings. The third-order valence-corrected chi connectivity index (χ3v) is 4.73. The number of β-amino-alcohol motifs (C(OH)–C–C–N with tert-alkyl or cyclic N) is 1. The molecule has 0 saturated heterocycles. The lowest BCUT2D eigenvalue weighted by Crippen LogP contribution is -2.37. The van der Waals surface area contributed by atoms with Crippen LogP contribution in [-0.4, -0.2) is 50.5 Å². The molecule has 0 radical (unpaired) electrons. The lowest BCUT2D eigenvalue weighted by atomic mass is 9.96. The normalized spacial score (nSPS) is 16.8.